The number of nitrogens with one attached hydrogen (secondary N) is 2. The highest BCUT2D eigenvalue weighted by Crippen LogP contribution is 2.13. The van der Waals surface area contributed by atoms with Gasteiger partial charge in [-0.25, -0.2) is 9.97 Å². The number of aromatic nitrogens is 2. The highest BCUT2D eigenvalue weighted by Gasteiger charge is 2.16. The SMILES string of the molecule is CC(C(=O)Nc1nc(C)cc(Cl)n1)=C1CNC1. The van der Waals surface area contributed by atoms with Gasteiger partial charge in [-0.3, -0.25) is 10.1 Å². The van der Waals surface area contributed by atoms with Gasteiger partial charge in [-0.2, -0.15) is 0 Å². The normalized spacial score (nSPS) is 14.2. The second-order valence-corrected chi connectivity index (χ2v) is 4.33. The number of carbonyl (C=O) groups is 1. The number of hydrogen-bond acceptors (Lipinski definition) is 4. The smallest absolute Gasteiger partial charge is 0.253 e. The molecule has 2 heterocycles. The lowest BCUT2D eigenvalue weighted by atomic mass is 10.0. The summed E-state index contributed by atoms with van der Waals surface area (Å²) >= 11 is 5.79. The maximum atomic E-state index is 11.8. The van der Waals surface area contributed by atoms with Gasteiger partial charge in [-0.05, 0) is 25.5 Å². The first-order valence-corrected chi connectivity index (χ1v) is 5.66. The van der Waals surface area contributed by atoms with E-state index in [4.69, 9.17) is 11.6 Å². The molecule has 6 heteroatoms. The third-order valence-corrected chi connectivity index (χ3v) is 2.79. The number of amides is 1. The fraction of sp³-hybridized carbons (Fsp3) is 0.364. The van der Waals surface area contributed by atoms with Crippen LogP contribution < -0.4 is 10.6 Å². The molecule has 1 saturated heterocycles. The first-order chi connectivity index (χ1) is 8.06. The zero-order valence-corrected chi connectivity index (χ0v) is 10.4. The molecule has 17 heavy (non-hydrogen) atoms. The number of hydrogen-bond donors (Lipinski definition) is 2. The largest absolute Gasteiger partial charge is 0.309 e. The number of aryl methyl sites for hydroxylation is 1. The molecular weight excluding hydrogens is 240 g/mol. The third kappa shape index (κ3) is 2.81. The van der Waals surface area contributed by atoms with Crippen LogP contribution in [0.15, 0.2) is 17.2 Å². The summed E-state index contributed by atoms with van der Waals surface area (Å²) in [5.74, 6) is 0.0652. The topological polar surface area (TPSA) is 66.9 Å². The first kappa shape index (κ1) is 12.0. The van der Waals surface area contributed by atoms with Crippen LogP contribution in [0.2, 0.25) is 5.15 Å². The second kappa shape index (κ2) is 4.81. The summed E-state index contributed by atoms with van der Waals surface area (Å²) in [5.41, 5.74) is 2.54. The summed E-state index contributed by atoms with van der Waals surface area (Å²) in [4.78, 5) is 19.9. The molecule has 0 radical (unpaired) electrons. The van der Waals surface area contributed by atoms with E-state index in [0.29, 0.717) is 10.7 Å². The van der Waals surface area contributed by atoms with Crippen LogP contribution >= 0.6 is 11.6 Å². The lowest BCUT2D eigenvalue weighted by Gasteiger charge is -2.21. The Morgan fingerprint density at radius 2 is 2.18 bits per heavy atom. The Morgan fingerprint density at radius 1 is 1.47 bits per heavy atom. The van der Waals surface area contributed by atoms with Crippen molar-refractivity contribution in [2.45, 2.75) is 13.8 Å². The molecule has 0 saturated carbocycles. The summed E-state index contributed by atoms with van der Waals surface area (Å²) in [5, 5.41) is 6.05. The van der Waals surface area contributed by atoms with E-state index in [1.165, 1.54) is 0 Å². The minimum atomic E-state index is -0.178. The molecule has 2 rings (SSSR count). The van der Waals surface area contributed by atoms with Gasteiger partial charge in [0.15, 0.2) is 0 Å². The van der Waals surface area contributed by atoms with Gasteiger partial charge in [0, 0.05) is 24.4 Å². The third-order valence-electron chi connectivity index (χ3n) is 2.60. The van der Waals surface area contributed by atoms with E-state index in [9.17, 15) is 4.79 Å². The van der Waals surface area contributed by atoms with Crippen LogP contribution in [0.5, 0.6) is 0 Å². The molecule has 2 N–H and O–H groups in total. The van der Waals surface area contributed by atoms with E-state index in [-0.39, 0.29) is 11.9 Å². The fourth-order valence-electron chi connectivity index (χ4n) is 1.46. The Kier molecular flexibility index (Phi) is 3.40. The van der Waals surface area contributed by atoms with Crippen LogP contribution in [0.4, 0.5) is 5.95 Å². The Hall–Kier alpha value is -1.46. The zero-order chi connectivity index (χ0) is 12.4. The second-order valence-electron chi connectivity index (χ2n) is 3.94. The minimum Gasteiger partial charge on any atom is -0.309 e. The van der Waals surface area contributed by atoms with Crippen molar-refractivity contribution in [2.24, 2.45) is 0 Å². The first-order valence-electron chi connectivity index (χ1n) is 5.28. The van der Waals surface area contributed by atoms with Crippen LogP contribution in [-0.2, 0) is 4.79 Å². The van der Waals surface area contributed by atoms with Crippen molar-refractivity contribution in [1.29, 1.82) is 0 Å². The minimum absolute atomic E-state index is 0.178. The van der Waals surface area contributed by atoms with Gasteiger partial charge in [-0.15, -0.1) is 0 Å². The predicted octanol–water partition coefficient (Wildman–Crippen LogP) is 1.30. The van der Waals surface area contributed by atoms with Gasteiger partial charge in [-0.1, -0.05) is 11.6 Å². The van der Waals surface area contributed by atoms with E-state index in [1.807, 2.05) is 0 Å². The molecule has 0 aromatic carbocycles. The van der Waals surface area contributed by atoms with Crippen LogP contribution in [0, 0.1) is 6.92 Å². The quantitative estimate of drug-likeness (QED) is 0.615. The van der Waals surface area contributed by atoms with Gasteiger partial charge in [0.2, 0.25) is 5.95 Å². The number of anilines is 1. The number of carbonyl (C=O) groups excluding carboxylic acids is 1. The molecule has 0 aliphatic carbocycles. The van der Waals surface area contributed by atoms with Crippen molar-refractivity contribution < 1.29 is 4.79 Å². The monoisotopic (exact) mass is 252 g/mol. The molecule has 1 aromatic rings. The van der Waals surface area contributed by atoms with Crippen molar-refractivity contribution in [3.05, 3.63) is 28.1 Å². The molecule has 1 aromatic heterocycles. The van der Waals surface area contributed by atoms with Crippen LogP contribution in [-0.4, -0.2) is 29.0 Å². The van der Waals surface area contributed by atoms with Crippen LogP contribution in [0.1, 0.15) is 12.6 Å². The summed E-state index contributed by atoms with van der Waals surface area (Å²) < 4.78 is 0. The van der Waals surface area contributed by atoms with Gasteiger partial charge in [0.1, 0.15) is 5.15 Å². The molecule has 0 spiro atoms. The van der Waals surface area contributed by atoms with Crippen molar-refractivity contribution in [1.82, 2.24) is 15.3 Å². The standard InChI is InChI=1S/C11H13ClN4O/c1-6-3-9(12)15-11(14-6)16-10(17)7(2)8-4-13-5-8/h3,13H,4-5H2,1-2H3,(H,14,15,16,17). The molecule has 0 bridgehead atoms. The molecule has 1 aliphatic rings. The Morgan fingerprint density at radius 3 is 2.71 bits per heavy atom. The van der Waals surface area contributed by atoms with E-state index in [2.05, 4.69) is 20.6 Å². The lowest BCUT2D eigenvalue weighted by molar-refractivity contribution is -0.112. The molecule has 1 aliphatic heterocycles. The Balaban J connectivity index is 2.12. The predicted molar refractivity (Wildman–Crippen MR) is 66.0 cm³/mol. The average Bonchev–Trinajstić information content (AvgIpc) is 2.12. The summed E-state index contributed by atoms with van der Waals surface area (Å²) in [6.45, 7) is 5.14. The number of rotatable bonds is 2. The van der Waals surface area contributed by atoms with Crippen molar-refractivity contribution in [3.63, 3.8) is 0 Å². The average molecular weight is 253 g/mol. The van der Waals surface area contributed by atoms with E-state index in [0.717, 1.165) is 24.4 Å². The summed E-state index contributed by atoms with van der Waals surface area (Å²) in [6.07, 6.45) is 0. The summed E-state index contributed by atoms with van der Waals surface area (Å²) in [7, 11) is 0. The molecular formula is C11H13ClN4O. The lowest BCUT2D eigenvalue weighted by Crippen LogP contribution is -2.36. The molecule has 1 fully saturated rings. The van der Waals surface area contributed by atoms with E-state index >= 15 is 0 Å². The van der Waals surface area contributed by atoms with Crippen LogP contribution in [0.3, 0.4) is 0 Å². The van der Waals surface area contributed by atoms with Crippen molar-refractivity contribution in [2.75, 3.05) is 18.4 Å². The molecule has 0 atom stereocenters. The van der Waals surface area contributed by atoms with Crippen LogP contribution in [0.25, 0.3) is 0 Å². The van der Waals surface area contributed by atoms with E-state index in [1.54, 1.807) is 19.9 Å². The maximum absolute atomic E-state index is 11.8. The van der Waals surface area contributed by atoms with Gasteiger partial charge >= 0.3 is 0 Å². The maximum Gasteiger partial charge on any atom is 0.253 e. The fourth-order valence-corrected chi connectivity index (χ4v) is 1.70. The summed E-state index contributed by atoms with van der Waals surface area (Å²) in [6, 6.07) is 1.64. The Bertz CT molecular complexity index is 472. The van der Waals surface area contributed by atoms with Crippen molar-refractivity contribution in [3.8, 4) is 0 Å². The highest BCUT2D eigenvalue weighted by molar-refractivity contribution is 6.29. The Labute approximate surface area is 104 Å². The zero-order valence-electron chi connectivity index (χ0n) is 9.67. The van der Waals surface area contributed by atoms with Gasteiger partial charge < -0.3 is 5.32 Å². The number of halogens is 1. The van der Waals surface area contributed by atoms with E-state index < -0.39 is 0 Å². The highest BCUT2D eigenvalue weighted by atomic mass is 35.5. The molecule has 90 valence electrons. The van der Waals surface area contributed by atoms with Crippen molar-refractivity contribution >= 4 is 23.5 Å². The molecule has 1 amide bonds. The van der Waals surface area contributed by atoms with Gasteiger partial charge in [0.05, 0.1) is 0 Å². The number of nitrogens with zero attached hydrogens (tertiary/aromatic N) is 2. The molecule has 5 nitrogen and oxygen atoms in total. The van der Waals surface area contributed by atoms with Gasteiger partial charge in [0.25, 0.3) is 5.91 Å². The molecule has 0 unspecified atom stereocenters.